The highest BCUT2D eigenvalue weighted by atomic mass is 19.1. The van der Waals surface area contributed by atoms with Gasteiger partial charge in [0, 0.05) is 18.2 Å². The van der Waals surface area contributed by atoms with Gasteiger partial charge < -0.3 is 15.4 Å². The molecule has 180 valence electrons. The molecule has 4 rings (SSSR count). The molecule has 1 aliphatic carbocycles. The van der Waals surface area contributed by atoms with Crippen molar-refractivity contribution in [3.05, 3.63) is 59.9 Å². The first-order chi connectivity index (χ1) is 16.5. The van der Waals surface area contributed by atoms with Crippen molar-refractivity contribution in [1.29, 1.82) is 0 Å². The van der Waals surface area contributed by atoms with Gasteiger partial charge in [0.05, 0.1) is 7.11 Å². The molecule has 8 heteroatoms. The molecule has 1 saturated heterocycles. The third-order valence-electron chi connectivity index (χ3n) is 6.53. The van der Waals surface area contributed by atoms with E-state index in [-0.39, 0.29) is 30.2 Å². The first-order valence-electron chi connectivity index (χ1n) is 11.8. The molecule has 2 N–H and O–H groups in total. The Balaban J connectivity index is 1.74. The first-order valence-corrected chi connectivity index (χ1v) is 11.8. The third-order valence-corrected chi connectivity index (χ3v) is 6.53. The summed E-state index contributed by atoms with van der Waals surface area (Å²) >= 11 is 0. The second kappa shape index (κ2) is 10.7. The van der Waals surface area contributed by atoms with E-state index in [1.54, 1.807) is 31.4 Å². The van der Waals surface area contributed by atoms with Gasteiger partial charge in [-0.05, 0) is 61.2 Å². The van der Waals surface area contributed by atoms with Crippen LogP contribution < -0.4 is 20.3 Å². The number of benzene rings is 2. The third kappa shape index (κ3) is 5.38. The van der Waals surface area contributed by atoms with Gasteiger partial charge in [-0.15, -0.1) is 0 Å². The molecule has 34 heavy (non-hydrogen) atoms. The summed E-state index contributed by atoms with van der Waals surface area (Å²) in [7, 11) is 1.55. The molecule has 3 amide bonds. The van der Waals surface area contributed by atoms with Crippen molar-refractivity contribution in [2.45, 2.75) is 63.1 Å². The second-order valence-corrected chi connectivity index (χ2v) is 8.86. The molecule has 1 heterocycles. The second-order valence-electron chi connectivity index (χ2n) is 8.86. The van der Waals surface area contributed by atoms with Crippen LogP contribution in [-0.2, 0) is 14.4 Å². The van der Waals surface area contributed by atoms with Crippen molar-refractivity contribution < 1.29 is 23.5 Å². The van der Waals surface area contributed by atoms with Crippen LogP contribution in [-0.4, -0.2) is 36.9 Å². The minimum absolute atomic E-state index is 0.0307. The lowest BCUT2D eigenvalue weighted by Crippen LogP contribution is -2.51. The quantitative estimate of drug-likeness (QED) is 0.651. The number of carbonyl (C=O) groups excluding carboxylic acids is 3. The van der Waals surface area contributed by atoms with E-state index >= 15 is 0 Å². The van der Waals surface area contributed by atoms with E-state index < -0.39 is 17.9 Å². The van der Waals surface area contributed by atoms with Crippen LogP contribution in [0, 0.1) is 5.82 Å². The Morgan fingerprint density at radius 1 is 1.03 bits per heavy atom. The van der Waals surface area contributed by atoms with Crippen molar-refractivity contribution in [3.63, 3.8) is 0 Å². The summed E-state index contributed by atoms with van der Waals surface area (Å²) in [5.74, 6) is -0.731. The fraction of sp³-hybridized carbons (Fsp3) is 0.423. The number of amides is 3. The number of rotatable bonds is 7. The van der Waals surface area contributed by atoms with Crippen LogP contribution in [0.5, 0.6) is 5.75 Å². The van der Waals surface area contributed by atoms with Gasteiger partial charge in [-0.3, -0.25) is 19.3 Å². The maximum atomic E-state index is 13.8. The summed E-state index contributed by atoms with van der Waals surface area (Å²) < 4.78 is 19.0. The maximum absolute atomic E-state index is 13.8. The molecule has 2 atom stereocenters. The number of hydrogen-bond donors (Lipinski definition) is 2. The van der Waals surface area contributed by atoms with Crippen LogP contribution >= 0.6 is 0 Å². The van der Waals surface area contributed by atoms with Crippen LogP contribution in [0.4, 0.5) is 10.1 Å². The minimum atomic E-state index is -1.03. The van der Waals surface area contributed by atoms with Gasteiger partial charge in [-0.1, -0.05) is 31.4 Å². The smallest absolute Gasteiger partial charge is 0.250 e. The highest BCUT2D eigenvalue weighted by Gasteiger charge is 2.39. The zero-order valence-corrected chi connectivity index (χ0v) is 19.3. The zero-order valence-electron chi connectivity index (χ0n) is 19.3. The Bertz CT molecular complexity index is 1020. The summed E-state index contributed by atoms with van der Waals surface area (Å²) in [6.07, 6.45) is 5.61. The molecule has 2 aromatic carbocycles. The van der Waals surface area contributed by atoms with Crippen molar-refractivity contribution in [3.8, 4) is 5.75 Å². The molecule has 1 saturated carbocycles. The average molecular weight is 468 g/mol. The molecule has 2 fully saturated rings. The number of nitrogens with one attached hydrogen (secondary N) is 2. The van der Waals surface area contributed by atoms with Crippen LogP contribution in [0.15, 0.2) is 48.5 Å². The van der Waals surface area contributed by atoms with E-state index in [0.29, 0.717) is 23.4 Å². The number of carbonyl (C=O) groups is 3. The largest absolute Gasteiger partial charge is 0.497 e. The number of nitrogens with zero attached hydrogens (tertiary/aromatic N) is 1. The van der Waals surface area contributed by atoms with Crippen LogP contribution in [0.3, 0.4) is 0 Å². The van der Waals surface area contributed by atoms with Gasteiger partial charge >= 0.3 is 0 Å². The summed E-state index contributed by atoms with van der Waals surface area (Å²) in [4.78, 5) is 40.7. The Morgan fingerprint density at radius 2 is 1.71 bits per heavy atom. The van der Waals surface area contributed by atoms with Gasteiger partial charge in [0.1, 0.15) is 23.7 Å². The van der Waals surface area contributed by atoms with Crippen LogP contribution in [0.1, 0.15) is 56.6 Å². The van der Waals surface area contributed by atoms with E-state index in [1.807, 2.05) is 0 Å². The van der Waals surface area contributed by atoms with Crippen molar-refractivity contribution in [2.75, 3.05) is 12.0 Å². The van der Waals surface area contributed by atoms with E-state index in [0.717, 1.165) is 32.1 Å². The maximum Gasteiger partial charge on any atom is 0.250 e. The molecular formula is C26H30FN3O4. The number of halogens is 1. The fourth-order valence-corrected chi connectivity index (χ4v) is 4.70. The van der Waals surface area contributed by atoms with E-state index in [2.05, 4.69) is 10.6 Å². The molecule has 0 radical (unpaired) electrons. The normalized spacial score (nSPS) is 19.2. The summed E-state index contributed by atoms with van der Waals surface area (Å²) in [6, 6.07) is 10.7. The number of ether oxygens (including phenoxy) is 1. The lowest BCUT2D eigenvalue weighted by atomic mass is 9.94. The van der Waals surface area contributed by atoms with Gasteiger partial charge in [0.2, 0.25) is 11.8 Å². The topological polar surface area (TPSA) is 87.7 Å². The number of methoxy groups -OCH3 is 1. The van der Waals surface area contributed by atoms with Crippen molar-refractivity contribution in [2.24, 2.45) is 0 Å². The standard InChI is InChI=1S/C26H30FN3O4/c1-34-21-13-11-20(12-14-21)30(26(33)22-15-16-23(31)29-22)24(17-7-9-18(27)10-8-17)25(32)28-19-5-3-2-4-6-19/h7-14,19,22,24H,2-6,15-16H2,1H3,(H,28,32)(H,29,31)/t22-,24-/m1/s1. The Kier molecular flexibility index (Phi) is 7.45. The fourth-order valence-electron chi connectivity index (χ4n) is 4.70. The first kappa shape index (κ1) is 23.7. The van der Waals surface area contributed by atoms with E-state index in [1.165, 1.54) is 29.2 Å². The highest BCUT2D eigenvalue weighted by Crippen LogP contribution is 2.32. The molecule has 0 bridgehead atoms. The van der Waals surface area contributed by atoms with Gasteiger partial charge in [-0.2, -0.15) is 0 Å². The van der Waals surface area contributed by atoms with Crippen LogP contribution in [0.25, 0.3) is 0 Å². The number of anilines is 1. The van der Waals surface area contributed by atoms with Gasteiger partial charge in [0.25, 0.3) is 5.91 Å². The molecule has 0 unspecified atom stereocenters. The Hall–Kier alpha value is -3.42. The summed E-state index contributed by atoms with van der Waals surface area (Å²) in [6.45, 7) is 0. The lowest BCUT2D eigenvalue weighted by Gasteiger charge is -2.34. The molecule has 1 aliphatic heterocycles. The monoisotopic (exact) mass is 467 g/mol. The molecule has 0 aromatic heterocycles. The summed E-state index contributed by atoms with van der Waals surface area (Å²) in [5.41, 5.74) is 0.975. The SMILES string of the molecule is COc1ccc(N(C(=O)[C@H]2CCC(=O)N2)[C@@H](C(=O)NC2CCCCC2)c2ccc(F)cc2)cc1. The Labute approximate surface area is 198 Å². The van der Waals surface area contributed by atoms with Crippen molar-refractivity contribution in [1.82, 2.24) is 10.6 Å². The average Bonchev–Trinajstić information content (AvgIpc) is 3.30. The predicted molar refractivity (Wildman–Crippen MR) is 126 cm³/mol. The molecule has 0 spiro atoms. The number of hydrogen-bond acceptors (Lipinski definition) is 4. The highest BCUT2D eigenvalue weighted by molar-refractivity contribution is 6.05. The molecule has 7 nitrogen and oxygen atoms in total. The van der Waals surface area contributed by atoms with Gasteiger partial charge in [0.15, 0.2) is 0 Å². The summed E-state index contributed by atoms with van der Waals surface area (Å²) in [5, 5.41) is 5.84. The van der Waals surface area contributed by atoms with Crippen molar-refractivity contribution >= 4 is 23.4 Å². The van der Waals surface area contributed by atoms with Gasteiger partial charge in [-0.25, -0.2) is 4.39 Å². The van der Waals surface area contributed by atoms with E-state index in [4.69, 9.17) is 4.74 Å². The molecule has 2 aliphatic rings. The van der Waals surface area contributed by atoms with E-state index in [9.17, 15) is 18.8 Å². The molecular weight excluding hydrogens is 437 g/mol. The minimum Gasteiger partial charge on any atom is -0.497 e. The zero-order chi connectivity index (χ0) is 24.1. The molecule has 2 aromatic rings. The Morgan fingerprint density at radius 3 is 2.29 bits per heavy atom. The lowest BCUT2D eigenvalue weighted by molar-refractivity contribution is -0.128. The predicted octanol–water partition coefficient (Wildman–Crippen LogP) is 3.64. The van der Waals surface area contributed by atoms with Crippen LogP contribution in [0.2, 0.25) is 0 Å².